The molecule has 0 bridgehead atoms. The molecule has 1 N–H and O–H groups in total. The minimum atomic E-state index is -0.501. The summed E-state index contributed by atoms with van der Waals surface area (Å²) in [4.78, 5) is 25.9. The van der Waals surface area contributed by atoms with E-state index in [2.05, 4.69) is 5.32 Å². The summed E-state index contributed by atoms with van der Waals surface area (Å²) in [6.07, 6.45) is 0.503. The molecule has 1 amide bonds. The summed E-state index contributed by atoms with van der Waals surface area (Å²) in [5.41, 5.74) is 1.03. The van der Waals surface area contributed by atoms with E-state index in [9.17, 15) is 9.59 Å². The average Bonchev–Trinajstić information content (AvgIpc) is 2.92. The monoisotopic (exact) mass is 328 g/mol. The van der Waals surface area contributed by atoms with Crippen molar-refractivity contribution >= 4 is 11.7 Å². The van der Waals surface area contributed by atoms with Gasteiger partial charge in [-0.05, 0) is 45.0 Å². The van der Waals surface area contributed by atoms with Crippen LogP contribution in [0.3, 0.4) is 0 Å². The number of ketones is 1. The highest BCUT2D eigenvalue weighted by atomic mass is 16.3. The van der Waals surface area contributed by atoms with Gasteiger partial charge in [-0.1, -0.05) is 30.3 Å². The Hall–Kier alpha value is -2.40. The highest BCUT2D eigenvalue weighted by Gasteiger charge is 2.18. The van der Waals surface area contributed by atoms with Gasteiger partial charge < -0.3 is 9.73 Å². The SMILES string of the molecule is CC(=O)[C@@H](Cc1ccccc1)NC(=O)CN(C)Cc1ccc(C)o1. The van der Waals surface area contributed by atoms with Crippen molar-refractivity contribution in [2.45, 2.75) is 32.9 Å². The van der Waals surface area contributed by atoms with Gasteiger partial charge in [-0.2, -0.15) is 0 Å². The second-order valence-electron chi connectivity index (χ2n) is 6.11. The molecule has 0 fully saturated rings. The number of rotatable bonds is 8. The molecule has 2 rings (SSSR count). The minimum absolute atomic E-state index is 0.0449. The Kier molecular flexibility index (Phi) is 6.32. The highest BCUT2D eigenvalue weighted by molar-refractivity contribution is 5.88. The number of aryl methyl sites for hydroxylation is 1. The minimum Gasteiger partial charge on any atom is -0.465 e. The Labute approximate surface area is 142 Å². The third-order valence-corrected chi connectivity index (χ3v) is 3.74. The maximum Gasteiger partial charge on any atom is 0.234 e. The quantitative estimate of drug-likeness (QED) is 0.808. The van der Waals surface area contributed by atoms with Crippen molar-refractivity contribution in [3.05, 3.63) is 59.5 Å². The van der Waals surface area contributed by atoms with Crippen LogP contribution >= 0.6 is 0 Å². The summed E-state index contributed by atoms with van der Waals surface area (Å²) in [6, 6.07) is 13.0. The molecule has 0 unspecified atom stereocenters. The van der Waals surface area contributed by atoms with Crippen LogP contribution in [0.15, 0.2) is 46.9 Å². The second-order valence-corrected chi connectivity index (χ2v) is 6.11. The molecule has 24 heavy (non-hydrogen) atoms. The molecule has 1 aromatic heterocycles. The number of carbonyl (C=O) groups is 2. The Morgan fingerprint density at radius 1 is 1.17 bits per heavy atom. The zero-order chi connectivity index (χ0) is 17.5. The summed E-state index contributed by atoms with van der Waals surface area (Å²) in [5.74, 6) is 1.45. The van der Waals surface area contributed by atoms with Crippen LogP contribution in [0.25, 0.3) is 0 Å². The van der Waals surface area contributed by atoms with E-state index in [1.54, 1.807) is 0 Å². The van der Waals surface area contributed by atoms with Gasteiger partial charge in [-0.15, -0.1) is 0 Å². The first-order valence-corrected chi connectivity index (χ1v) is 8.01. The van der Waals surface area contributed by atoms with E-state index in [0.717, 1.165) is 17.1 Å². The molecule has 0 aliphatic rings. The fourth-order valence-corrected chi connectivity index (χ4v) is 2.52. The standard InChI is InChI=1S/C19H24N2O3/c1-14-9-10-17(24-14)12-21(3)13-19(23)20-18(15(2)22)11-16-7-5-4-6-8-16/h4-10,18H,11-13H2,1-3H3,(H,20,23)/t18-/m1/s1. The van der Waals surface area contributed by atoms with Crippen molar-refractivity contribution in [2.75, 3.05) is 13.6 Å². The molecular weight excluding hydrogens is 304 g/mol. The maximum absolute atomic E-state index is 12.2. The number of hydrogen-bond donors (Lipinski definition) is 1. The summed E-state index contributed by atoms with van der Waals surface area (Å²) in [6.45, 7) is 4.14. The van der Waals surface area contributed by atoms with Crippen LogP contribution in [-0.4, -0.2) is 36.2 Å². The third kappa shape index (κ3) is 5.66. The lowest BCUT2D eigenvalue weighted by atomic mass is 10.0. The molecule has 1 atom stereocenters. The number of amides is 1. The number of nitrogens with one attached hydrogen (secondary N) is 1. The molecule has 1 heterocycles. The summed E-state index contributed by atoms with van der Waals surface area (Å²) in [7, 11) is 1.84. The summed E-state index contributed by atoms with van der Waals surface area (Å²) >= 11 is 0. The first-order chi connectivity index (χ1) is 11.4. The van der Waals surface area contributed by atoms with E-state index in [1.807, 2.05) is 61.3 Å². The van der Waals surface area contributed by atoms with Gasteiger partial charge in [0.05, 0.1) is 19.1 Å². The molecule has 0 saturated heterocycles. The first kappa shape index (κ1) is 17.9. The molecule has 0 saturated carbocycles. The predicted molar refractivity (Wildman–Crippen MR) is 92.5 cm³/mol. The molecule has 5 heteroatoms. The van der Waals surface area contributed by atoms with Gasteiger partial charge in [0.15, 0.2) is 5.78 Å². The number of Topliss-reactive ketones (excluding diaryl/α,β-unsaturated/α-hetero) is 1. The van der Waals surface area contributed by atoms with E-state index in [0.29, 0.717) is 13.0 Å². The Morgan fingerprint density at radius 3 is 2.46 bits per heavy atom. The lowest BCUT2D eigenvalue weighted by molar-refractivity contribution is -0.127. The van der Waals surface area contributed by atoms with Crippen LogP contribution in [-0.2, 0) is 22.6 Å². The summed E-state index contributed by atoms with van der Waals surface area (Å²) < 4.78 is 5.51. The topological polar surface area (TPSA) is 62.6 Å². The Balaban J connectivity index is 1.87. The molecular formula is C19H24N2O3. The number of benzene rings is 1. The molecule has 0 spiro atoms. The maximum atomic E-state index is 12.2. The van der Waals surface area contributed by atoms with Crippen molar-refractivity contribution in [3.8, 4) is 0 Å². The molecule has 128 valence electrons. The largest absolute Gasteiger partial charge is 0.465 e. The summed E-state index contributed by atoms with van der Waals surface area (Å²) in [5, 5.41) is 2.83. The fraction of sp³-hybridized carbons (Fsp3) is 0.368. The normalized spacial score (nSPS) is 12.2. The second kappa shape index (κ2) is 8.45. The number of carbonyl (C=O) groups excluding carboxylic acids is 2. The van der Waals surface area contributed by atoms with Crippen LogP contribution in [0.4, 0.5) is 0 Å². The van der Waals surface area contributed by atoms with Crippen LogP contribution in [0.5, 0.6) is 0 Å². The third-order valence-electron chi connectivity index (χ3n) is 3.74. The Morgan fingerprint density at radius 2 is 1.88 bits per heavy atom. The van der Waals surface area contributed by atoms with E-state index in [-0.39, 0.29) is 18.2 Å². The molecule has 0 aliphatic heterocycles. The van der Waals surface area contributed by atoms with E-state index in [1.165, 1.54) is 6.92 Å². The van der Waals surface area contributed by atoms with Gasteiger partial charge in [0, 0.05) is 0 Å². The number of likely N-dealkylation sites (N-methyl/N-ethyl adjacent to an activating group) is 1. The van der Waals surface area contributed by atoms with Crippen molar-refractivity contribution in [3.63, 3.8) is 0 Å². The van der Waals surface area contributed by atoms with Gasteiger partial charge >= 0.3 is 0 Å². The van der Waals surface area contributed by atoms with Crippen molar-refractivity contribution < 1.29 is 14.0 Å². The number of hydrogen-bond acceptors (Lipinski definition) is 4. The predicted octanol–water partition coefficient (Wildman–Crippen LogP) is 2.34. The number of nitrogens with zero attached hydrogens (tertiary/aromatic N) is 1. The first-order valence-electron chi connectivity index (χ1n) is 8.01. The van der Waals surface area contributed by atoms with Crippen molar-refractivity contribution in [2.24, 2.45) is 0 Å². The fourth-order valence-electron chi connectivity index (χ4n) is 2.52. The van der Waals surface area contributed by atoms with Crippen LogP contribution in [0, 0.1) is 6.92 Å². The van der Waals surface area contributed by atoms with Crippen molar-refractivity contribution in [1.82, 2.24) is 10.2 Å². The van der Waals surface area contributed by atoms with Crippen LogP contribution < -0.4 is 5.32 Å². The molecule has 0 radical (unpaired) electrons. The zero-order valence-electron chi connectivity index (χ0n) is 14.4. The van der Waals surface area contributed by atoms with Gasteiger partial charge in [-0.3, -0.25) is 14.5 Å². The zero-order valence-corrected chi connectivity index (χ0v) is 14.4. The lowest BCUT2D eigenvalue weighted by Gasteiger charge is -2.19. The van der Waals surface area contributed by atoms with Gasteiger partial charge in [-0.25, -0.2) is 0 Å². The van der Waals surface area contributed by atoms with E-state index < -0.39 is 6.04 Å². The van der Waals surface area contributed by atoms with Crippen LogP contribution in [0.2, 0.25) is 0 Å². The average molecular weight is 328 g/mol. The molecule has 5 nitrogen and oxygen atoms in total. The molecule has 1 aromatic carbocycles. The van der Waals surface area contributed by atoms with E-state index >= 15 is 0 Å². The molecule has 2 aromatic rings. The lowest BCUT2D eigenvalue weighted by Crippen LogP contribution is -2.45. The Bertz CT molecular complexity index is 679. The van der Waals surface area contributed by atoms with Gasteiger partial charge in [0.25, 0.3) is 0 Å². The van der Waals surface area contributed by atoms with Crippen molar-refractivity contribution in [1.29, 1.82) is 0 Å². The smallest absolute Gasteiger partial charge is 0.234 e. The van der Waals surface area contributed by atoms with Gasteiger partial charge in [0.1, 0.15) is 11.5 Å². The highest BCUT2D eigenvalue weighted by Crippen LogP contribution is 2.08. The van der Waals surface area contributed by atoms with Gasteiger partial charge in [0.2, 0.25) is 5.91 Å². The molecule has 0 aliphatic carbocycles. The van der Waals surface area contributed by atoms with E-state index in [4.69, 9.17) is 4.42 Å². The number of furan rings is 1. The van der Waals surface area contributed by atoms with Crippen LogP contribution in [0.1, 0.15) is 24.0 Å².